The van der Waals surface area contributed by atoms with Gasteiger partial charge in [-0.05, 0) is 44.4 Å². The molecular formula is C17H21NO2. The molecule has 2 aromatic rings. The van der Waals surface area contributed by atoms with Crippen LogP contribution in [0.25, 0.3) is 10.9 Å². The van der Waals surface area contributed by atoms with Gasteiger partial charge in [0, 0.05) is 30.5 Å². The zero-order valence-corrected chi connectivity index (χ0v) is 12.0. The number of ether oxygens (including phenoxy) is 1. The van der Waals surface area contributed by atoms with Crippen LogP contribution in [0.1, 0.15) is 32.6 Å². The lowest BCUT2D eigenvalue weighted by Gasteiger charge is -2.10. The number of aryl methyl sites for hydroxylation is 1. The molecule has 3 rings (SSSR count). The lowest BCUT2D eigenvalue weighted by atomic mass is 10.0. The van der Waals surface area contributed by atoms with Crippen LogP contribution in [0.15, 0.2) is 30.5 Å². The van der Waals surface area contributed by atoms with Crippen LogP contribution in [0.3, 0.4) is 0 Å². The minimum atomic E-state index is 0.280. The summed E-state index contributed by atoms with van der Waals surface area (Å²) in [4.78, 5) is 11.7. The van der Waals surface area contributed by atoms with Gasteiger partial charge in [0.05, 0.1) is 12.1 Å². The Bertz CT molecular complexity index is 614. The maximum atomic E-state index is 11.7. The van der Waals surface area contributed by atoms with Crippen LogP contribution in [-0.2, 0) is 11.3 Å². The molecule has 1 unspecified atom stereocenters. The summed E-state index contributed by atoms with van der Waals surface area (Å²) in [6.07, 6.45) is 5.99. The molecule has 0 saturated heterocycles. The molecule has 20 heavy (non-hydrogen) atoms. The van der Waals surface area contributed by atoms with Gasteiger partial charge in [-0.2, -0.15) is 0 Å². The number of rotatable bonds is 5. The Balaban J connectivity index is 1.78. The molecule has 1 aromatic heterocycles. The van der Waals surface area contributed by atoms with Crippen molar-refractivity contribution in [1.82, 2.24) is 4.57 Å². The summed E-state index contributed by atoms with van der Waals surface area (Å²) >= 11 is 0. The van der Waals surface area contributed by atoms with Gasteiger partial charge in [-0.3, -0.25) is 4.79 Å². The predicted octanol–water partition coefficient (Wildman–Crippen LogP) is 3.80. The summed E-state index contributed by atoms with van der Waals surface area (Å²) in [5.74, 6) is 1.68. The molecule has 1 heterocycles. The van der Waals surface area contributed by atoms with E-state index in [1.54, 1.807) is 0 Å². The van der Waals surface area contributed by atoms with Crippen LogP contribution < -0.4 is 4.74 Å². The lowest BCUT2D eigenvalue weighted by molar-refractivity contribution is -0.120. The van der Waals surface area contributed by atoms with Crippen molar-refractivity contribution < 1.29 is 9.53 Å². The largest absolute Gasteiger partial charge is 0.493 e. The van der Waals surface area contributed by atoms with Crippen LogP contribution >= 0.6 is 0 Å². The number of benzene rings is 1. The highest BCUT2D eigenvalue weighted by atomic mass is 16.5. The molecule has 3 heteroatoms. The predicted molar refractivity (Wildman–Crippen MR) is 80.1 cm³/mol. The van der Waals surface area contributed by atoms with Gasteiger partial charge < -0.3 is 9.30 Å². The summed E-state index contributed by atoms with van der Waals surface area (Å²) in [6, 6.07) is 8.27. The Labute approximate surface area is 119 Å². The van der Waals surface area contributed by atoms with E-state index in [2.05, 4.69) is 22.9 Å². The minimum Gasteiger partial charge on any atom is -0.493 e. The highest BCUT2D eigenvalue weighted by Gasteiger charge is 2.23. The molecule has 0 aliphatic heterocycles. The van der Waals surface area contributed by atoms with Crippen molar-refractivity contribution in [2.75, 3.05) is 6.61 Å². The topological polar surface area (TPSA) is 31.2 Å². The number of hydrogen-bond donors (Lipinski definition) is 0. The van der Waals surface area contributed by atoms with Crippen LogP contribution in [0.5, 0.6) is 5.75 Å². The zero-order valence-electron chi connectivity index (χ0n) is 12.0. The van der Waals surface area contributed by atoms with E-state index in [4.69, 9.17) is 4.74 Å². The maximum Gasteiger partial charge on any atom is 0.136 e. The Morgan fingerprint density at radius 1 is 1.35 bits per heavy atom. The average molecular weight is 271 g/mol. The molecule has 0 spiro atoms. The standard InChI is InChI=1S/C17H21NO2/c1-2-20-17-8-4-6-15-14(17)10-12-18(15)11-9-13-5-3-7-16(13)19/h4,6,8,10,12-13H,2-3,5,7,9,11H2,1H3. The van der Waals surface area contributed by atoms with Gasteiger partial charge in [-0.25, -0.2) is 0 Å². The number of carbonyl (C=O) groups excluding carboxylic acids is 1. The second kappa shape index (κ2) is 5.70. The molecule has 1 atom stereocenters. The average Bonchev–Trinajstić information content (AvgIpc) is 3.04. The van der Waals surface area contributed by atoms with Gasteiger partial charge in [0.15, 0.2) is 0 Å². The molecule has 1 aromatic carbocycles. The molecule has 106 valence electrons. The SMILES string of the molecule is CCOc1cccc2c1ccn2CCC1CCCC1=O. The molecule has 1 fully saturated rings. The first-order valence-corrected chi connectivity index (χ1v) is 7.53. The fraction of sp³-hybridized carbons (Fsp3) is 0.471. The number of nitrogens with zero attached hydrogens (tertiary/aromatic N) is 1. The normalized spacial score (nSPS) is 18.9. The van der Waals surface area contributed by atoms with E-state index in [-0.39, 0.29) is 5.92 Å². The first-order chi connectivity index (χ1) is 9.79. The molecule has 0 bridgehead atoms. The summed E-state index contributed by atoms with van der Waals surface area (Å²) in [6.45, 7) is 3.60. The maximum absolute atomic E-state index is 11.7. The molecule has 1 aliphatic rings. The molecule has 0 radical (unpaired) electrons. The molecule has 0 amide bonds. The van der Waals surface area contributed by atoms with Gasteiger partial charge in [0.2, 0.25) is 0 Å². The van der Waals surface area contributed by atoms with Gasteiger partial charge in [-0.15, -0.1) is 0 Å². The fourth-order valence-electron chi connectivity index (χ4n) is 3.16. The highest BCUT2D eigenvalue weighted by molar-refractivity contribution is 5.86. The molecule has 1 aliphatic carbocycles. The number of aromatic nitrogens is 1. The Morgan fingerprint density at radius 2 is 2.25 bits per heavy atom. The Hall–Kier alpha value is -1.77. The summed E-state index contributed by atoms with van der Waals surface area (Å²) in [7, 11) is 0. The van der Waals surface area contributed by atoms with Crippen molar-refractivity contribution in [2.45, 2.75) is 39.2 Å². The monoisotopic (exact) mass is 271 g/mol. The molecule has 3 nitrogen and oxygen atoms in total. The van der Waals surface area contributed by atoms with Crippen molar-refractivity contribution in [3.8, 4) is 5.75 Å². The number of hydrogen-bond acceptors (Lipinski definition) is 2. The third-order valence-corrected chi connectivity index (χ3v) is 4.22. The zero-order chi connectivity index (χ0) is 13.9. The molecule has 1 saturated carbocycles. The lowest BCUT2D eigenvalue weighted by Crippen LogP contribution is -2.09. The third-order valence-electron chi connectivity index (χ3n) is 4.22. The number of fused-ring (bicyclic) bond motifs is 1. The minimum absolute atomic E-state index is 0.280. The van der Waals surface area contributed by atoms with E-state index in [9.17, 15) is 4.79 Å². The van der Waals surface area contributed by atoms with Gasteiger partial charge in [0.25, 0.3) is 0 Å². The second-order valence-corrected chi connectivity index (χ2v) is 5.48. The van der Waals surface area contributed by atoms with Crippen molar-refractivity contribution >= 4 is 16.7 Å². The third kappa shape index (κ3) is 2.45. The first-order valence-electron chi connectivity index (χ1n) is 7.53. The van der Waals surface area contributed by atoms with E-state index in [1.807, 2.05) is 19.1 Å². The van der Waals surface area contributed by atoms with Crippen LogP contribution in [0.4, 0.5) is 0 Å². The Kier molecular flexibility index (Phi) is 3.77. The van der Waals surface area contributed by atoms with E-state index >= 15 is 0 Å². The summed E-state index contributed by atoms with van der Waals surface area (Å²) in [5.41, 5.74) is 1.20. The number of carbonyl (C=O) groups is 1. The van der Waals surface area contributed by atoms with Crippen molar-refractivity contribution in [3.63, 3.8) is 0 Å². The van der Waals surface area contributed by atoms with Gasteiger partial charge >= 0.3 is 0 Å². The van der Waals surface area contributed by atoms with Crippen molar-refractivity contribution in [2.24, 2.45) is 5.92 Å². The van der Waals surface area contributed by atoms with Crippen LogP contribution in [-0.4, -0.2) is 17.0 Å². The van der Waals surface area contributed by atoms with E-state index in [0.717, 1.165) is 43.4 Å². The first kappa shape index (κ1) is 13.2. The van der Waals surface area contributed by atoms with Gasteiger partial charge in [0.1, 0.15) is 11.5 Å². The van der Waals surface area contributed by atoms with Gasteiger partial charge in [-0.1, -0.05) is 6.07 Å². The molecular weight excluding hydrogens is 250 g/mol. The fourth-order valence-corrected chi connectivity index (χ4v) is 3.16. The highest BCUT2D eigenvalue weighted by Crippen LogP contribution is 2.29. The number of Topliss-reactive ketones (excluding diaryl/α,β-unsaturated/α-hetero) is 1. The smallest absolute Gasteiger partial charge is 0.136 e. The van der Waals surface area contributed by atoms with E-state index in [1.165, 1.54) is 5.52 Å². The van der Waals surface area contributed by atoms with Crippen molar-refractivity contribution in [1.29, 1.82) is 0 Å². The van der Waals surface area contributed by atoms with Crippen LogP contribution in [0.2, 0.25) is 0 Å². The van der Waals surface area contributed by atoms with E-state index in [0.29, 0.717) is 12.4 Å². The summed E-state index contributed by atoms with van der Waals surface area (Å²) in [5, 5.41) is 1.16. The quantitative estimate of drug-likeness (QED) is 0.828. The molecule has 0 N–H and O–H groups in total. The van der Waals surface area contributed by atoms with Crippen LogP contribution in [0, 0.1) is 5.92 Å². The number of ketones is 1. The summed E-state index contributed by atoms with van der Waals surface area (Å²) < 4.78 is 7.90. The van der Waals surface area contributed by atoms with Crippen molar-refractivity contribution in [3.05, 3.63) is 30.5 Å². The second-order valence-electron chi connectivity index (χ2n) is 5.48. The van der Waals surface area contributed by atoms with E-state index < -0.39 is 0 Å². The Morgan fingerprint density at radius 3 is 3.00 bits per heavy atom.